The fourth-order valence-electron chi connectivity index (χ4n) is 3.97. The molecule has 2 N–H and O–H groups in total. The third-order valence-corrected chi connectivity index (χ3v) is 5.36. The van der Waals surface area contributed by atoms with Gasteiger partial charge in [-0.05, 0) is 19.9 Å². The molecule has 0 bridgehead atoms. The predicted octanol–water partition coefficient (Wildman–Crippen LogP) is 1.36. The summed E-state index contributed by atoms with van der Waals surface area (Å²) in [7, 11) is 0. The van der Waals surface area contributed by atoms with Crippen LogP contribution in [0, 0.1) is 5.41 Å². The van der Waals surface area contributed by atoms with Gasteiger partial charge in [0.2, 0.25) is 0 Å². The van der Waals surface area contributed by atoms with Crippen LogP contribution in [-0.4, -0.2) is 49.6 Å². The Morgan fingerprint density at radius 2 is 2.05 bits per heavy atom. The van der Waals surface area contributed by atoms with Crippen LogP contribution < -0.4 is 5.73 Å². The van der Waals surface area contributed by atoms with Crippen molar-refractivity contribution >= 4 is 0 Å². The second kappa shape index (κ2) is 4.48. The van der Waals surface area contributed by atoms with Gasteiger partial charge in [-0.2, -0.15) is 0 Å². The molecule has 116 valence electrons. The Kier molecular flexibility index (Phi) is 2.90. The van der Waals surface area contributed by atoms with Crippen molar-refractivity contribution in [2.75, 3.05) is 32.9 Å². The quantitative estimate of drug-likeness (QED) is 0.730. The van der Waals surface area contributed by atoms with Gasteiger partial charge in [0.1, 0.15) is 12.4 Å². The molecule has 3 aliphatic heterocycles. The maximum atomic E-state index is 6.18. The number of ether oxygens (including phenoxy) is 3. The summed E-state index contributed by atoms with van der Waals surface area (Å²) in [6, 6.07) is 0.355. The summed E-state index contributed by atoms with van der Waals surface area (Å²) >= 11 is 0. The normalized spacial score (nSPS) is 34.2. The van der Waals surface area contributed by atoms with Crippen molar-refractivity contribution < 1.29 is 14.2 Å². The highest BCUT2D eigenvalue weighted by molar-refractivity contribution is 5.43. The molecule has 0 aromatic heterocycles. The van der Waals surface area contributed by atoms with Gasteiger partial charge in [0.05, 0.1) is 18.6 Å². The van der Waals surface area contributed by atoms with Crippen molar-refractivity contribution in [1.82, 2.24) is 4.90 Å². The van der Waals surface area contributed by atoms with Gasteiger partial charge < -0.3 is 19.9 Å². The second-order valence-electron chi connectivity index (χ2n) is 7.08. The summed E-state index contributed by atoms with van der Waals surface area (Å²) in [5.74, 6) is 0.695. The van der Waals surface area contributed by atoms with Gasteiger partial charge in [-0.3, -0.25) is 4.90 Å². The van der Waals surface area contributed by atoms with Gasteiger partial charge in [0, 0.05) is 43.2 Å². The lowest BCUT2D eigenvalue weighted by molar-refractivity contribution is -0.198. The summed E-state index contributed by atoms with van der Waals surface area (Å²) < 4.78 is 17.9. The molecule has 0 aromatic rings. The van der Waals surface area contributed by atoms with Gasteiger partial charge in [-0.25, -0.2) is 0 Å². The standard InChI is InChI=1S/C16H24N2O3/c1-15(2)13(17)7-11-9-18-4-3-16(20-5-6-21-16)8-12(18)10-19-14(11)15/h7,12H,3-6,8-10,17H2,1-2H3/t12-/m0/s1. The molecule has 1 spiro atoms. The predicted molar refractivity (Wildman–Crippen MR) is 78.3 cm³/mol. The van der Waals surface area contributed by atoms with E-state index in [1.807, 2.05) is 0 Å². The van der Waals surface area contributed by atoms with Crippen molar-refractivity contribution in [2.45, 2.75) is 38.5 Å². The Balaban J connectivity index is 1.56. The maximum Gasteiger partial charge on any atom is 0.171 e. The van der Waals surface area contributed by atoms with Crippen LogP contribution in [0.5, 0.6) is 0 Å². The zero-order valence-electron chi connectivity index (χ0n) is 12.9. The first kappa shape index (κ1) is 13.6. The molecule has 2 fully saturated rings. The fourth-order valence-corrected chi connectivity index (χ4v) is 3.97. The first-order valence-electron chi connectivity index (χ1n) is 7.86. The lowest BCUT2D eigenvalue weighted by atomic mass is 9.90. The van der Waals surface area contributed by atoms with E-state index in [0.29, 0.717) is 25.9 Å². The van der Waals surface area contributed by atoms with E-state index in [-0.39, 0.29) is 11.2 Å². The minimum atomic E-state index is -0.357. The van der Waals surface area contributed by atoms with E-state index in [1.165, 1.54) is 5.57 Å². The third kappa shape index (κ3) is 2.02. The lowest BCUT2D eigenvalue weighted by Crippen LogP contribution is -2.52. The minimum Gasteiger partial charge on any atom is -0.495 e. The molecule has 1 atom stereocenters. The molecule has 5 nitrogen and oxygen atoms in total. The highest BCUT2D eigenvalue weighted by Crippen LogP contribution is 2.44. The molecule has 0 amide bonds. The highest BCUT2D eigenvalue weighted by atomic mass is 16.7. The molecule has 0 saturated carbocycles. The fraction of sp³-hybridized carbons (Fsp3) is 0.750. The Hall–Kier alpha value is -1.04. The van der Waals surface area contributed by atoms with E-state index in [0.717, 1.165) is 37.4 Å². The molecule has 3 heterocycles. The molecule has 0 radical (unpaired) electrons. The number of nitrogens with two attached hydrogens (primary N) is 1. The van der Waals surface area contributed by atoms with E-state index in [9.17, 15) is 0 Å². The van der Waals surface area contributed by atoms with Crippen molar-refractivity contribution in [3.63, 3.8) is 0 Å². The van der Waals surface area contributed by atoms with Crippen LogP contribution >= 0.6 is 0 Å². The first-order chi connectivity index (χ1) is 10.0. The Labute approximate surface area is 125 Å². The summed E-state index contributed by atoms with van der Waals surface area (Å²) in [4.78, 5) is 2.49. The Morgan fingerprint density at radius 1 is 1.29 bits per heavy atom. The zero-order chi connectivity index (χ0) is 14.7. The molecular formula is C16H24N2O3. The average molecular weight is 292 g/mol. The second-order valence-corrected chi connectivity index (χ2v) is 7.08. The highest BCUT2D eigenvalue weighted by Gasteiger charge is 2.47. The number of piperidine rings is 1. The number of hydrogen-bond acceptors (Lipinski definition) is 5. The van der Waals surface area contributed by atoms with Gasteiger partial charge in [0.25, 0.3) is 0 Å². The Bertz CT molecular complexity index is 518. The van der Waals surface area contributed by atoms with Gasteiger partial charge in [-0.1, -0.05) is 0 Å². The van der Waals surface area contributed by atoms with Crippen LogP contribution in [0.25, 0.3) is 0 Å². The van der Waals surface area contributed by atoms with Crippen molar-refractivity contribution in [3.8, 4) is 0 Å². The molecule has 1 aliphatic carbocycles. The smallest absolute Gasteiger partial charge is 0.171 e. The van der Waals surface area contributed by atoms with E-state index >= 15 is 0 Å². The molecule has 4 aliphatic rings. The molecular weight excluding hydrogens is 268 g/mol. The number of hydrogen-bond donors (Lipinski definition) is 1. The third-order valence-electron chi connectivity index (χ3n) is 5.36. The van der Waals surface area contributed by atoms with Crippen LogP contribution in [0.1, 0.15) is 26.7 Å². The van der Waals surface area contributed by atoms with E-state index in [4.69, 9.17) is 19.9 Å². The maximum absolute atomic E-state index is 6.18. The molecule has 21 heavy (non-hydrogen) atoms. The molecule has 5 heteroatoms. The summed E-state index contributed by atoms with van der Waals surface area (Å²) in [5.41, 5.74) is 8.13. The number of nitrogens with zero attached hydrogens (tertiary/aromatic N) is 1. The number of fused-ring (bicyclic) bond motifs is 1. The molecule has 0 aromatic carbocycles. The van der Waals surface area contributed by atoms with Crippen LogP contribution in [-0.2, 0) is 14.2 Å². The summed E-state index contributed by atoms with van der Waals surface area (Å²) in [5, 5.41) is 0. The summed E-state index contributed by atoms with van der Waals surface area (Å²) in [6.45, 7) is 8.30. The van der Waals surface area contributed by atoms with Crippen molar-refractivity contribution in [2.24, 2.45) is 11.1 Å². The Morgan fingerprint density at radius 3 is 2.81 bits per heavy atom. The van der Waals surface area contributed by atoms with E-state index in [2.05, 4.69) is 24.8 Å². The van der Waals surface area contributed by atoms with Crippen LogP contribution in [0.2, 0.25) is 0 Å². The largest absolute Gasteiger partial charge is 0.495 e. The number of rotatable bonds is 0. The lowest BCUT2D eigenvalue weighted by Gasteiger charge is -2.42. The van der Waals surface area contributed by atoms with Crippen LogP contribution in [0.3, 0.4) is 0 Å². The van der Waals surface area contributed by atoms with E-state index in [1.54, 1.807) is 0 Å². The van der Waals surface area contributed by atoms with Crippen molar-refractivity contribution in [1.29, 1.82) is 0 Å². The van der Waals surface area contributed by atoms with Crippen molar-refractivity contribution in [3.05, 3.63) is 23.1 Å². The first-order valence-corrected chi connectivity index (χ1v) is 7.86. The minimum absolute atomic E-state index is 0.179. The SMILES string of the molecule is CC1(C)C(N)=CC2=C1OC[C@@H]1CC3(CCN1C2)OCCO3. The monoisotopic (exact) mass is 292 g/mol. The van der Waals surface area contributed by atoms with Crippen LogP contribution in [0.15, 0.2) is 23.1 Å². The average Bonchev–Trinajstić information content (AvgIpc) is 2.89. The zero-order valence-corrected chi connectivity index (χ0v) is 12.9. The molecule has 2 saturated heterocycles. The molecule has 4 rings (SSSR count). The van der Waals surface area contributed by atoms with Crippen LogP contribution in [0.4, 0.5) is 0 Å². The topological polar surface area (TPSA) is 57.0 Å². The van der Waals surface area contributed by atoms with Gasteiger partial charge >= 0.3 is 0 Å². The summed E-state index contributed by atoms with van der Waals surface area (Å²) in [6.07, 6.45) is 3.94. The van der Waals surface area contributed by atoms with Gasteiger partial charge in [0.15, 0.2) is 5.79 Å². The van der Waals surface area contributed by atoms with E-state index < -0.39 is 0 Å². The van der Waals surface area contributed by atoms with Gasteiger partial charge in [-0.15, -0.1) is 0 Å². The molecule has 0 unspecified atom stereocenters.